The van der Waals surface area contributed by atoms with Gasteiger partial charge in [-0.3, -0.25) is 4.99 Å². The van der Waals surface area contributed by atoms with Crippen LogP contribution in [-0.2, 0) is 25.8 Å². The molecule has 0 aliphatic heterocycles. The van der Waals surface area contributed by atoms with Gasteiger partial charge >= 0.3 is 0 Å². The van der Waals surface area contributed by atoms with E-state index in [0.29, 0.717) is 12.5 Å². The Labute approximate surface area is 171 Å². The molecule has 25 heavy (non-hydrogen) atoms. The Bertz CT molecular complexity index is 618. The highest BCUT2D eigenvalue weighted by Crippen LogP contribution is 2.16. The molecule has 0 aliphatic carbocycles. The summed E-state index contributed by atoms with van der Waals surface area (Å²) < 4.78 is 5.41. The minimum atomic E-state index is 0. The monoisotopic (exact) mass is 476 g/mol. The van der Waals surface area contributed by atoms with Crippen molar-refractivity contribution >= 4 is 41.3 Å². The molecular weight excluding hydrogens is 447 g/mol. The molecule has 0 amide bonds. The maximum atomic E-state index is 5.41. The Balaban J connectivity index is 0.00000312. The number of nitrogens with one attached hydrogen (secondary N) is 2. The van der Waals surface area contributed by atoms with Crippen LogP contribution in [0.15, 0.2) is 27.0 Å². The lowest BCUT2D eigenvalue weighted by atomic mass is 10.1. The van der Waals surface area contributed by atoms with Crippen LogP contribution < -0.4 is 10.6 Å². The third kappa shape index (κ3) is 6.62. The van der Waals surface area contributed by atoms with Gasteiger partial charge in [-0.25, -0.2) is 0 Å². The number of guanidine groups is 1. The maximum absolute atomic E-state index is 5.41. The second kappa shape index (κ2) is 11.5. The predicted octanol–water partition coefficient (Wildman–Crippen LogP) is 4.02. The fourth-order valence-electron chi connectivity index (χ4n) is 2.65. The minimum Gasteiger partial charge on any atom is -0.361 e. The quantitative estimate of drug-likeness (QED) is 0.343. The van der Waals surface area contributed by atoms with Crippen molar-refractivity contribution in [2.75, 3.05) is 13.6 Å². The van der Waals surface area contributed by atoms with E-state index in [4.69, 9.17) is 4.52 Å². The van der Waals surface area contributed by atoms with E-state index < -0.39 is 0 Å². The summed E-state index contributed by atoms with van der Waals surface area (Å²) in [5.41, 5.74) is 2.19. The van der Waals surface area contributed by atoms with Gasteiger partial charge < -0.3 is 15.2 Å². The molecule has 0 saturated carbocycles. The third-order valence-electron chi connectivity index (χ3n) is 4.01. The van der Waals surface area contributed by atoms with Gasteiger partial charge in [0.05, 0.1) is 5.69 Å². The number of nitrogens with zero attached hydrogens (tertiary/aromatic N) is 2. The third-order valence-corrected chi connectivity index (χ3v) is 4.91. The number of aryl methyl sites for hydroxylation is 2. The van der Waals surface area contributed by atoms with E-state index in [1.807, 2.05) is 11.3 Å². The Morgan fingerprint density at radius 1 is 1.32 bits per heavy atom. The summed E-state index contributed by atoms with van der Waals surface area (Å²) in [6.07, 6.45) is 2.82. The van der Waals surface area contributed by atoms with Crippen LogP contribution in [0.2, 0.25) is 0 Å². The zero-order valence-corrected chi connectivity index (χ0v) is 18.6. The zero-order chi connectivity index (χ0) is 17.4. The summed E-state index contributed by atoms with van der Waals surface area (Å²) in [4.78, 5) is 5.74. The summed E-state index contributed by atoms with van der Waals surface area (Å²) >= 11 is 1.82. The van der Waals surface area contributed by atoms with Crippen molar-refractivity contribution in [3.8, 4) is 0 Å². The topological polar surface area (TPSA) is 62.5 Å². The zero-order valence-electron chi connectivity index (χ0n) is 15.5. The van der Waals surface area contributed by atoms with Crippen LogP contribution in [-0.4, -0.2) is 24.7 Å². The first-order valence-electron chi connectivity index (χ1n) is 8.61. The summed E-state index contributed by atoms with van der Waals surface area (Å²) in [6.45, 7) is 8.02. The van der Waals surface area contributed by atoms with E-state index in [0.717, 1.165) is 48.8 Å². The summed E-state index contributed by atoms with van der Waals surface area (Å²) in [6, 6.07) is 4.30. The van der Waals surface area contributed by atoms with Crippen molar-refractivity contribution in [2.24, 2.45) is 10.9 Å². The van der Waals surface area contributed by atoms with Gasteiger partial charge in [0.15, 0.2) is 5.96 Å². The Morgan fingerprint density at radius 3 is 2.72 bits per heavy atom. The van der Waals surface area contributed by atoms with E-state index in [1.165, 1.54) is 4.88 Å². The molecule has 0 radical (unpaired) electrons. The predicted molar refractivity (Wildman–Crippen MR) is 116 cm³/mol. The highest BCUT2D eigenvalue weighted by Gasteiger charge is 2.14. The van der Waals surface area contributed by atoms with Crippen LogP contribution in [0, 0.1) is 5.92 Å². The van der Waals surface area contributed by atoms with Gasteiger partial charge in [-0.15, -0.1) is 35.3 Å². The van der Waals surface area contributed by atoms with Gasteiger partial charge in [0.2, 0.25) is 0 Å². The normalized spacial score (nSPS) is 12.6. The van der Waals surface area contributed by atoms with Gasteiger partial charge in [0, 0.05) is 37.0 Å². The lowest BCUT2D eigenvalue weighted by molar-refractivity contribution is 0.380. The minimum absolute atomic E-state index is 0. The van der Waals surface area contributed by atoms with E-state index in [1.54, 1.807) is 7.05 Å². The second-order valence-electron chi connectivity index (χ2n) is 5.93. The molecule has 2 aromatic rings. The number of halogens is 1. The van der Waals surface area contributed by atoms with Crippen molar-refractivity contribution in [3.63, 3.8) is 0 Å². The Hall–Kier alpha value is -1.09. The average molecular weight is 476 g/mol. The first-order chi connectivity index (χ1) is 11.7. The molecule has 0 fully saturated rings. The molecule has 2 N–H and O–H groups in total. The fraction of sp³-hybridized carbons (Fsp3) is 0.556. The van der Waals surface area contributed by atoms with Gasteiger partial charge in [-0.2, -0.15) is 0 Å². The number of aromatic nitrogens is 1. The van der Waals surface area contributed by atoms with Crippen LogP contribution >= 0.6 is 35.3 Å². The van der Waals surface area contributed by atoms with Gasteiger partial charge in [0.1, 0.15) is 5.76 Å². The fourth-order valence-corrected chi connectivity index (χ4v) is 3.52. The molecule has 1 atom stereocenters. The van der Waals surface area contributed by atoms with E-state index in [9.17, 15) is 0 Å². The van der Waals surface area contributed by atoms with Gasteiger partial charge in [0.25, 0.3) is 0 Å². The highest BCUT2D eigenvalue weighted by atomic mass is 127. The lowest BCUT2D eigenvalue weighted by Gasteiger charge is -2.15. The Morgan fingerprint density at radius 2 is 2.12 bits per heavy atom. The smallest absolute Gasteiger partial charge is 0.191 e. The summed E-state index contributed by atoms with van der Waals surface area (Å²) in [7, 11) is 1.80. The molecule has 140 valence electrons. The first kappa shape index (κ1) is 22.0. The van der Waals surface area contributed by atoms with Crippen LogP contribution in [0.5, 0.6) is 0 Å². The lowest BCUT2D eigenvalue weighted by Crippen LogP contribution is -2.39. The SMILES string of the molecule is CCc1noc(CC)c1CNC(=NC)NCC(C)Cc1cccs1.I. The number of hydrogen-bond acceptors (Lipinski definition) is 4. The van der Waals surface area contributed by atoms with Crippen LogP contribution in [0.3, 0.4) is 0 Å². The molecule has 2 rings (SSSR count). The highest BCUT2D eigenvalue weighted by molar-refractivity contribution is 14.0. The van der Waals surface area contributed by atoms with Crippen LogP contribution in [0.25, 0.3) is 0 Å². The van der Waals surface area contributed by atoms with Crippen molar-refractivity contribution in [1.29, 1.82) is 0 Å². The number of hydrogen-bond donors (Lipinski definition) is 2. The van der Waals surface area contributed by atoms with Gasteiger partial charge in [-0.05, 0) is 30.2 Å². The molecule has 2 aromatic heterocycles. The van der Waals surface area contributed by atoms with E-state index in [2.05, 4.69) is 59.1 Å². The van der Waals surface area contributed by atoms with Crippen LogP contribution in [0.1, 0.15) is 42.7 Å². The molecule has 0 saturated heterocycles. The van der Waals surface area contributed by atoms with Crippen molar-refractivity contribution in [1.82, 2.24) is 15.8 Å². The first-order valence-corrected chi connectivity index (χ1v) is 9.49. The molecule has 1 unspecified atom stereocenters. The summed E-state index contributed by atoms with van der Waals surface area (Å²) in [5, 5.41) is 13.1. The molecule has 0 aromatic carbocycles. The maximum Gasteiger partial charge on any atom is 0.191 e. The standard InChI is InChI=1S/C18H28N4OS.HI/c1-5-16-15(17(6-2)23-22-16)12-21-18(19-4)20-11-13(3)10-14-8-7-9-24-14;/h7-9,13H,5-6,10-12H2,1-4H3,(H2,19,20,21);1H. The molecular formula is C18H29IN4OS. The Kier molecular flexibility index (Phi) is 10.1. The number of thiophene rings is 1. The average Bonchev–Trinajstić information content (AvgIpc) is 3.23. The molecule has 5 nitrogen and oxygen atoms in total. The van der Waals surface area contributed by atoms with Crippen LogP contribution in [0.4, 0.5) is 0 Å². The molecule has 0 spiro atoms. The number of rotatable bonds is 8. The van der Waals surface area contributed by atoms with E-state index >= 15 is 0 Å². The second-order valence-corrected chi connectivity index (χ2v) is 6.97. The van der Waals surface area contributed by atoms with E-state index in [-0.39, 0.29) is 24.0 Å². The molecule has 7 heteroatoms. The number of aliphatic imine (C=N–C) groups is 1. The van der Waals surface area contributed by atoms with Gasteiger partial charge in [-0.1, -0.05) is 32.0 Å². The molecule has 0 aliphatic rings. The molecule has 0 bridgehead atoms. The van der Waals surface area contributed by atoms with Crippen molar-refractivity contribution in [3.05, 3.63) is 39.4 Å². The molecule has 2 heterocycles. The summed E-state index contributed by atoms with van der Waals surface area (Å²) in [5.74, 6) is 2.33. The van der Waals surface area contributed by atoms with Crippen molar-refractivity contribution < 1.29 is 4.52 Å². The van der Waals surface area contributed by atoms with Crippen molar-refractivity contribution in [2.45, 2.75) is 46.6 Å². The largest absolute Gasteiger partial charge is 0.361 e.